The van der Waals surface area contributed by atoms with Gasteiger partial charge in [-0.05, 0) is 42.2 Å². The Morgan fingerprint density at radius 3 is 2.71 bits per heavy atom. The van der Waals surface area contributed by atoms with Crippen molar-refractivity contribution in [2.45, 2.75) is 38.3 Å². The van der Waals surface area contributed by atoms with Crippen molar-refractivity contribution in [3.8, 4) is 17.0 Å². The summed E-state index contributed by atoms with van der Waals surface area (Å²) in [4.78, 5) is 4.85. The Hall–Kier alpha value is -2.47. The summed E-state index contributed by atoms with van der Waals surface area (Å²) in [5.74, 6) is 1.73. The van der Waals surface area contributed by atoms with Gasteiger partial charge in [0.2, 0.25) is 0 Å². The number of methoxy groups -OCH3 is 1. The fourth-order valence-electron chi connectivity index (χ4n) is 5.79. The number of aliphatic hydroxyl groups excluding tert-OH is 1. The highest BCUT2D eigenvalue weighted by atomic mass is 16.6. The molecule has 3 aromatic rings. The summed E-state index contributed by atoms with van der Waals surface area (Å²) in [7, 11) is 1.64. The highest BCUT2D eigenvalue weighted by Crippen LogP contribution is 2.47. The van der Waals surface area contributed by atoms with Gasteiger partial charge >= 0.3 is 0 Å². The number of quaternary nitrogens is 1. The zero-order valence-corrected chi connectivity index (χ0v) is 18.2. The van der Waals surface area contributed by atoms with E-state index in [0.717, 1.165) is 52.7 Å². The van der Waals surface area contributed by atoms with Crippen LogP contribution < -0.4 is 4.74 Å². The van der Waals surface area contributed by atoms with Crippen LogP contribution in [-0.4, -0.2) is 41.0 Å². The van der Waals surface area contributed by atoms with Crippen LogP contribution >= 0.6 is 0 Å². The molecule has 0 saturated carbocycles. The fraction of sp³-hybridized carbons (Fsp3) is 0.423. The number of rotatable bonds is 5. The molecular weight excluding hydrogens is 388 g/mol. The Labute approximate surface area is 183 Å². The summed E-state index contributed by atoms with van der Waals surface area (Å²) in [6, 6.07) is 17.4. The molecule has 6 rings (SSSR count). The van der Waals surface area contributed by atoms with Gasteiger partial charge in [0, 0.05) is 29.7 Å². The maximum atomic E-state index is 13.8. The van der Waals surface area contributed by atoms with Crippen molar-refractivity contribution in [2.24, 2.45) is 11.8 Å². The summed E-state index contributed by atoms with van der Waals surface area (Å²) < 4.78 is 5.17. The second-order valence-electron chi connectivity index (χ2n) is 9.17. The number of aromatic nitrogens is 1. The van der Waals surface area contributed by atoms with Gasteiger partial charge in [0.05, 0.1) is 31.4 Å². The van der Waals surface area contributed by atoms with Crippen LogP contribution in [0.4, 0.5) is 0 Å². The molecule has 3 aliphatic rings. The zero-order valence-electron chi connectivity index (χ0n) is 18.2. The van der Waals surface area contributed by atoms with Crippen molar-refractivity contribution >= 4 is 10.9 Å². The molecule has 5 heteroatoms. The Balaban J connectivity index is 1.62. The summed E-state index contributed by atoms with van der Waals surface area (Å²) in [5.41, 5.74) is 3.39. The molecule has 5 nitrogen and oxygen atoms in total. The van der Waals surface area contributed by atoms with E-state index in [1.807, 2.05) is 54.6 Å². The summed E-state index contributed by atoms with van der Waals surface area (Å²) in [5, 5.41) is 26.3. The minimum atomic E-state index is -0.835. The normalized spacial score (nSPS) is 28.6. The smallest absolute Gasteiger partial charge is 0.132 e. The molecule has 31 heavy (non-hydrogen) atoms. The largest absolute Gasteiger partial charge is 0.633 e. The molecule has 162 valence electrons. The number of pyridine rings is 1. The predicted octanol–water partition coefficient (Wildman–Crippen LogP) is 5.08. The third-order valence-electron chi connectivity index (χ3n) is 7.56. The SMILES string of the molecule is CC[C@H]1C[N+]2([O-])CC[C@@H]1C[C@H]2[C@H](O)c1cc(-c2ccccc2)nc2ccc(OC)cc12. The fourth-order valence-corrected chi connectivity index (χ4v) is 5.79. The molecule has 1 N–H and O–H groups in total. The third kappa shape index (κ3) is 3.51. The Bertz CT molecular complexity index is 1090. The summed E-state index contributed by atoms with van der Waals surface area (Å²) in [6.07, 6.45) is 1.98. The van der Waals surface area contributed by atoms with E-state index in [1.54, 1.807) is 7.11 Å². The molecule has 3 fully saturated rings. The van der Waals surface area contributed by atoms with Gasteiger partial charge in [0.15, 0.2) is 0 Å². The summed E-state index contributed by atoms with van der Waals surface area (Å²) in [6.45, 7) is 3.42. The molecule has 2 aromatic carbocycles. The molecule has 0 radical (unpaired) electrons. The van der Waals surface area contributed by atoms with E-state index >= 15 is 0 Å². The minimum Gasteiger partial charge on any atom is -0.633 e. The number of benzene rings is 2. The van der Waals surface area contributed by atoms with Crippen LogP contribution in [-0.2, 0) is 0 Å². The lowest BCUT2D eigenvalue weighted by Gasteiger charge is -2.61. The van der Waals surface area contributed by atoms with Crippen molar-refractivity contribution < 1.29 is 14.5 Å². The van der Waals surface area contributed by atoms with Crippen LogP contribution in [0.3, 0.4) is 0 Å². The number of nitrogens with zero attached hydrogens (tertiary/aromatic N) is 2. The van der Waals surface area contributed by atoms with Crippen LogP contribution in [0.15, 0.2) is 54.6 Å². The van der Waals surface area contributed by atoms with E-state index in [-0.39, 0.29) is 10.7 Å². The van der Waals surface area contributed by atoms with Crippen LogP contribution in [0.2, 0.25) is 0 Å². The monoisotopic (exact) mass is 418 g/mol. The minimum absolute atomic E-state index is 0.273. The Kier molecular flexibility index (Phi) is 5.21. The molecule has 0 aliphatic carbocycles. The van der Waals surface area contributed by atoms with Crippen molar-refractivity contribution in [1.82, 2.24) is 4.98 Å². The van der Waals surface area contributed by atoms with Crippen LogP contribution in [0, 0.1) is 17.0 Å². The van der Waals surface area contributed by atoms with E-state index in [9.17, 15) is 10.3 Å². The molecule has 1 aromatic heterocycles. The average molecular weight is 419 g/mol. The number of fused-ring (bicyclic) bond motifs is 4. The molecule has 2 bridgehead atoms. The van der Waals surface area contributed by atoms with Gasteiger partial charge in [0.1, 0.15) is 17.9 Å². The first-order valence-electron chi connectivity index (χ1n) is 11.3. The molecule has 3 aliphatic heterocycles. The van der Waals surface area contributed by atoms with E-state index < -0.39 is 6.10 Å². The summed E-state index contributed by atoms with van der Waals surface area (Å²) >= 11 is 0. The maximum Gasteiger partial charge on any atom is 0.132 e. The van der Waals surface area contributed by atoms with Crippen molar-refractivity contribution in [3.05, 3.63) is 65.4 Å². The van der Waals surface area contributed by atoms with Gasteiger partial charge in [-0.25, -0.2) is 4.98 Å². The van der Waals surface area contributed by atoms with Crippen molar-refractivity contribution in [1.29, 1.82) is 0 Å². The van der Waals surface area contributed by atoms with Gasteiger partial charge in [0.25, 0.3) is 0 Å². The molecule has 5 atom stereocenters. The molecule has 0 spiro atoms. The zero-order chi connectivity index (χ0) is 21.6. The van der Waals surface area contributed by atoms with E-state index in [1.165, 1.54) is 0 Å². The van der Waals surface area contributed by atoms with Gasteiger partial charge in [-0.3, -0.25) is 0 Å². The van der Waals surface area contributed by atoms with Crippen LogP contribution in [0.1, 0.15) is 37.9 Å². The van der Waals surface area contributed by atoms with Gasteiger partial charge in [-0.2, -0.15) is 0 Å². The van der Waals surface area contributed by atoms with E-state index in [2.05, 4.69) is 6.92 Å². The number of hydrogen-bond donors (Lipinski definition) is 1. The number of hydroxylamine groups is 3. The predicted molar refractivity (Wildman–Crippen MR) is 122 cm³/mol. The van der Waals surface area contributed by atoms with Gasteiger partial charge in [-0.1, -0.05) is 37.3 Å². The molecule has 4 heterocycles. The van der Waals surface area contributed by atoms with Crippen LogP contribution in [0.25, 0.3) is 22.2 Å². The number of hydrogen-bond acceptors (Lipinski definition) is 4. The van der Waals surface area contributed by atoms with Crippen LogP contribution in [0.5, 0.6) is 5.75 Å². The second-order valence-corrected chi connectivity index (χ2v) is 9.17. The second kappa shape index (κ2) is 7.90. The third-order valence-corrected chi connectivity index (χ3v) is 7.56. The number of piperidine rings is 3. The standard InChI is InChI=1S/C26H30N2O3/c1-3-17-16-28(30)12-11-19(17)13-25(28)26(29)22-15-24(18-7-5-4-6-8-18)27-23-10-9-20(31-2)14-21(22)23/h4-10,14-15,17,19,25-26,29H,3,11-13,16H2,1-2H3/t17-,19+,25-,26+,28?/m0/s1. The number of ether oxygens (including phenoxy) is 1. The Morgan fingerprint density at radius 1 is 1.19 bits per heavy atom. The lowest BCUT2D eigenvalue weighted by atomic mass is 9.72. The number of aliphatic hydroxyl groups is 1. The van der Waals surface area contributed by atoms with Gasteiger partial charge in [-0.15, -0.1) is 0 Å². The average Bonchev–Trinajstić information content (AvgIpc) is 2.82. The topological polar surface area (TPSA) is 65.4 Å². The molecular formula is C26H30N2O3. The van der Waals surface area contributed by atoms with Gasteiger partial charge < -0.3 is 19.7 Å². The molecule has 3 saturated heterocycles. The Morgan fingerprint density at radius 2 is 2.00 bits per heavy atom. The highest BCUT2D eigenvalue weighted by Gasteiger charge is 2.50. The molecule has 0 amide bonds. The van der Waals surface area contributed by atoms with E-state index in [4.69, 9.17) is 9.72 Å². The first-order chi connectivity index (χ1) is 15.0. The maximum absolute atomic E-state index is 13.8. The first kappa shape index (κ1) is 20.4. The van der Waals surface area contributed by atoms with Crippen molar-refractivity contribution in [3.63, 3.8) is 0 Å². The lowest BCUT2D eigenvalue weighted by Crippen LogP contribution is -2.65. The quantitative estimate of drug-likeness (QED) is 0.464. The van der Waals surface area contributed by atoms with Crippen molar-refractivity contribution in [2.75, 3.05) is 20.2 Å². The lowest BCUT2D eigenvalue weighted by molar-refractivity contribution is -0.930. The molecule has 1 unspecified atom stereocenters. The first-order valence-corrected chi connectivity index (χ1v) is 11.3. The van der Waals surface area contributed by atoms with E-state index in [0.29, 0.717) is 24.9 Å². The highest BCUT2D eigenvalue weighted by molar-refractivity contribution is 5.87.